The fourth-order valence-electron chi connectivity index (χ4n) is 2.02. The zero-order valence-electron chi connectivity index (χ0n) is 13.0. The molecule has 1 unspecified atom stereocenters. The van der Waals surface area contributed by atoms with Crippen LogP contribution in [-0.2, 0) is 14.6 Å². The van der Waals surface area contributed by atoms with Crippen LogP contribution in [0.4, 0.5) is 4.79 Å². The first-order chi connectivity index (χ1) is 9.39. The maximum absolute atomic E-state index is 11.9. The monoisotopic (exact) mass is 320 g/mol. The summed E-state index contributed by atoms with van der Waals surface area (Å²) in [6.45, 7) is 6.97. The van der Waals surface area contributed by atoms with Gasteiger partial charge in [-0.1, -0.05) is 0 Å². The van der Waals surface area contributed by atoms with Gasteiger partial charge in [-0.05, 0) is 34.1 Å². The summed E-state index contributed by atoms with van der Waals surface area (Å²) in [5.74, 6) is -1.06. The molecule has 8 heteroatoms. The van der Waals surface area contributed by atoms with E-state index in [2.05, 4.69) is 5.32 Å². The summed E-state index contributed by atoms with van der Waals surface area (Å²) in [6, 6.07) is -0.413. The normalized spacial score (nSPS) is 23.1. The molecule has 1 aliphatic heterocycles. The van der Waals surface area contributed by atoms with Gasteiger partial charge < -0.3 is 15.3 Å². The quantitative estimate of drug-likeness (QED) is 0.794. The van der Waals surface area contributed by atoms with Crippen LogP contribution in [0.25, 0.3) is 0 Å². The minimum Gasteiger partial charge on any atom is -0.481 e. The predicted octanol–water partition coefficient (Wildman–Crippen LogP) is 0.706. The summed E-state index contributed by atoms with van der Waals surface area (Å²) in [5.41, 5.74) is -0.922. The smallest absolute Gasteiger partial charge is 0.317 e. The zero-order valence-corrected chi connectivity index (χ0v) is 13.8. The topological polar surface area (TPSA) is 104 Å². The van der Waals surface area contributed by atoms with Crippen molar-refractivity contribution in [1.82, 2.24) is 10.2 Å². The molecule has 7 nitrogen and oxygen atoms in total. The lowest BCUT2D eigenvalue weighted by molar-refractivity contribution is -0.147. The summed E-state index contributed by atoms with van der Waals surface area (Å²) in [5, 5.41) is 11.7. The molecule has 0 aromatic carbocycles. The fraction of sp³-hybridized carbons (Fsp3) is 0.846. The van der Waals surface area contributed by atoms with Gasteiger partial charge in [0.05, 0.1) is 15.9 Å². The van der Waals surface area contributed by atoms with Gasteiger partial charge in [0.25, 0.3) is 0 Å². The van der Waals surface area contributed by atoms with Gasteiger partial charge >= 0.3 is 12.0 Å². The zero-order chi connectivity index (χ0) is 16.5. The number of carbonyl (C=O) groups excluding carboxylic acids is 1. The molecule has 122 valence electrons. The molecule has 2 amide bonds. The summed E-state index contributed by atoms with van der Waals surface area (Å²) in [7, 11) is -3.28. The minimum absolute atomic E-state index is 0.0265. The van der Waals surface area contributed by atoms with E-state index in [1.165, 1.54) is 4.90 Å². The average Bonchev–Trinajstić information content (AvgIpc) is 2.71. The number of sulfone groups is 1. The number of rotatable bonds is 4. The second-order valence-electron chi connectivity index (χ2n) is 6.70. The van der Waals surface area contributed by atoms with Crippen molar-refractivity contribution in [3.8, 4) is 0 Å². The van der Waals surface area contributed by atoms with Crippen LogP contribution in [-0.4, -0.2) is 60.6 Å². The van der Waals surface area contributed by atoms with E-state index in [1.54, 1.807) is 27.7 Å². The number of nitrogens with zero attached hydrogens (tertiary/aromatic N) is 1. The van der Waals surface area contributed by atoms with Crippen LogP contribution in [0.3, 0.4) is 0 Å². The first-order valence-electron chi connectivity index (χ1n) is 6.87. The largest absolute Gasteiger partial charge is 0.481 e. The second-order valence-corrected chi connectivity index (χ2v) is 9.56. The van der Waals surface area contributed by atoms with Gasteiger partial charge in [0.2, 0.25) is 0 Å². The van der Waals surface area contributed by atoms with E-state index in [-0.39, 0.29) is 18.8 Å². The van der Waals surface area contributed by atoms with Crippen molar-refractivity contribution >= 4 is 21.8 Å². The van der Waals surface area contributed by atoms with E-state index in [0.717, 1.165) is 0 Å². The highest BCUT2D eigenvalue weighted by Gasteiger charge is 2.42. The maximum Gasteiger partial charge on any atom is 0.317 e. The van der Waals surface area contributed by atoms with E-state index < -0.39 is 32.0 Å². The first kappa shape index (κ1) is 17.7. The molecule has 0 radical (unpaired) electrons. The Kier molecular flexibility index (Phi) is 4.92. The molecule has 0 aromatic heterocycles. The summed E-state index contributed by atoms with van der Waals surface area (Å²) in [4.78, 5) is 24.4. The SMILES string of the molecule is CC1(C(=O)O)CCN(C(=O)NCCS(=O)(=O)C(C)(C)C)C1. The van der Waals surface area contributed by atoms with Gasteiger partial charge in [-0.3, -0.25) is 4.79 Å². The predicted molar refractivity (Wildman–Crippen MR) is 78.9 cm³/mol. The summed E-state index contributed by atoms with van der Waals surface area (Å²) in [6.07, 6.45) is 0.399. The number of aliphatic carboxylic acids is 1. The van der Waals surface area contributed by atoms with Crippen LogP contribution in [0.5, 0.6) is 0 Å². The molecular weight excluding hydrogens is 296 g/mol. The summed E-state index contributed by atoms with van der Waals surface area (Å²) < 4.78 is 23.0. The van der Waals surface area contributed by atoms with Crippen LogP contribution in [0.1, 0.15) is 34.1 Å². The number of likely N-dealkylation sites (tertiary alicyclic amines) is 1. The Morgan fingerprint density at radius 2 is 1.90 bits per heavy atom. The number of carboxylic acid groups (broad SMARTS) is 1. The number of nitrogens with one attached hydrogen (secondary N) is 1. The number of hydrogen-bond acceptors (Lipinski definition) is 4. The Labute approximate surface area is 125 Å². The van der Waals surface area contributed by atoms with Crippen LogP contribution in [0, 0.1) is 5.41 Å². The maximum atomic E-state index is 11.9. The molecule has 0 aliphatic carbocycles. The molecule has 0 bridgehead atoms. The standard InChI is InChI=1S/C13H24N2O5S/c1-12(2,3)21(19,20)8-6-14-11(18)15-7-5-13(4,9-15)10(16)17/h5-9H2,1-4H3,(H,14,18)(H,16,17). The van der Waals surface area contributed by atoms with Gasteiger partial charge in [0.1, 0.15) is 0 Å². The molecular formula is C13H24N2O5S. The van der Waals surface area contributed by atoms with Crippen molar-refractivity contribution in [3.05, 3.63) is 0 Å². The van der Waals surface area contributed by atoms with E-state index in [9.17, 15) is 18.0 Å². The van der Waals surface area contributed by atoms with Crippen LogP contribution >= 0.6 is 0 Å². The first-order valence-corrected chi connectivity index (χ1v) is 8.53. The molecule has 1 aliphatic rings. The number of urea groups is 1. The molecule has 0 spiro atoms. The lowest BCUT2D eigenvalue weighted by atomic mass is 9.90. The van der Waals surface area contributed by atoms with E-state index in [4.69, 9.17) is 5.11 Å². The molecule has 1 atom stereocenters. The van der Waals surface area contributed by atoms with Crippen LogP contribution < -0.4 is 5.32 Å². The third-order valence-corrected chi connectivity index (χ3v) is 6.46. The van der Waals surface area contributed by atoms with Crippen LogP contribution in [0.2, 0.25) is 0 Å². The van der Waals surface area contributed by atoms with Crippen molar-refractivity contribution in [3.63, 3.8) is 0 Å². The highest BCUT2D eigenvalue weighted by molar-refractivity contribution is 7.92. The number of carboxylic acids is 1. The lowest BCUT2D eigenvalue weighted by Gasteiger charge is -2.22. The number of amides is 2. The Hall–Kier alpha value is -1.31. The third-order valence-electron chi connectivity index (χ3n) is 3.86. The Morgan fingerprint density at radius 3 is 2.33 bits per heavy atom. The fourth-order valence-corrected chi connectivity index (χ4v) is 3.00. The second kappa shape index (κ2) is 5.82. The molecule has 1 heterocycles. The highest BCUT2D eigenvalue weighted by Crippen LogP contribution is 2.29. The van der Waals surface area contributed by atoms with Gasteiger partial charge in [-0.25, -0.2) is 13.2 Å². The molecule has 21 heavy (non-hydrogen) atoms. The van der Waals surface area contributed by atoms with Crippen molar-refractivity contribution in [2.45, 2.75) is 38.9 Å². The van der Waals surface area contributed by atoms with Crippen molar-refractivity contribution < 1.29 is 23.1 Å². The number of carbonyl (C=O) groups is 2. The van der Waals surface area contributed by atoms with Crippen molar-refractivity contribution in [2.75, 3.05) is 25.4 Å². The molecule has 2 N–H and O–H groups in total. The average molecular weight is 320 g/mol. The van der Waals surface area contributed by atoms with Gasteiger partial charge in [0.15, 0.2) is 9.84 Å². The molecule has 1 rings (SSSR count). The van der Waals surface area contributed by atoms with Gasteiger partial charge in [-0.2, -0.15) is 0 Å². The molecule has 0 aromatic rings. The molecule has 0 saturated carbocycles. The van der Waals surface area contributed by atoms with E-state index >= 15 is 0 Å². The Bertz CT molecular complexity index is 523. The van der Waals surface area contributed by atoms with Crippen LogP contribution in [0.15, 0.2) is 0 Å². The van der Waals surface area contributed by atoms with Gasteiger partial charge in [0, 0.05) is 19.6 Å². The molecule has 1 saturated heterocycles. The Balaban J connectivity index is 2.49. The Morgan fingerprint density at radius 1 is 1.33 bits per heavy atom. The van der Waals surface area contributed by atoms with Crippen molar-refractivity contribution in [1.29, 1.82) is 0 Å². The highest BCUT2D eigenvalue weighted by atomic mass is 32.2. The minimum atomic E-state index is -3.28. The number of hydrogen-bond donors (Lipinski definition) is 2. The lowest BCUT2D eigenvalue weighted by Crippen LogP contribution is -2.43. The van der Waals surface area contributed by atoms with E-state index in [1.807, 2.05) is 0 Å². The van der Waals surface area contributed by atoms with Gasteiger partial charge in [-0.15, -0.1) is 0 Å². The third kappa shape index (κ3) is 4.09. The van der Waals surface area contributed by atoms with Crippen molar-refractivity contribution in [2.24, 2.45) is 5.41 Å². The molecule has 1 fully saturated rings. The van der Waals surface area contributed by atoms with E-state index in [0.29, 0.717) is 13.0 Å². The summed E-state index contributed by atoms with van der Waals surface area (Å²) >= 11 is 0.